The van der Waals surface area contributed by atoms with Crippen LogP contribution < -0.4 is 17.0 Å². The van der Waals surface area contributed by atoms with Gasteiger partial charge in [0.25, 0.3) is 5.56 Å². The molecule has 3 aliphatic rings. The fourth-order valence-electron chi connectivity index (χ4n) is 5.83. The standard InChI is InChI=1S/C21H26N10O11P2S/c22-16-10-17(25-4-24-16)31(6-26-10)20-13(33)15-9(40-20)3-39-44(37,45)42-14-8(1-7(12(14)32)2-38-43(35,36)41-15)30-5-27-11-18(30)28-21(23)29-19(11)34/h4-9,12-15,20,32-33H,1-3H2,(H,35,36)(H,37,45)(H2,22,24,25)(H3,23,28,29,34)/t7-,8-,9-,12?,13?,14?,15?,20-,44?/m1/s1. The Balaban J connectivity index is 1.21. The Bertz CT molecular complexity index is 1940. The average molecular weight is 689 g/mol. The number of nitrogens with two attached hydrogens (primary N) is 2. The van der Waals surface area contributed by atoms with E-state index in [1.807, 2.05) is 0 Å². The highest BCUT2D eigenvalue weighted by atomic mass is 32.5. The fraction of sp³-hybridized carbons (Fsp3) is 0.524. The molecule has 10 atom stereocenters. The lowest BCUT2D eigenvalue weighted by molar-refractivity contribution is -0.0517. The molecule has 6 unspecified atom stereocenters. The molecular weight excluding hydrogens is 662 g/mol. The van der Waals surface area contributed by atoms with Gasteiger partial charge < -0.3 is 49.8 Å². The highest BCUT2D eigenvalue weighted by Crippen LogP contribution is 2.55. The summed E-state index contributed by atoms with van der Waals surface area (Å²) in [4.78, 5) is 56.8. The number of hydrogen-bond donors (Lipinski definition) is 7. The smallest absolute Gasteiger partial charge is 0.390 e. The van der Waals surface area contributed by atoms with Crippen LogP contribution in [0.3, 0.4) is 0 Å². The van der Waals surface area contributed by atoms with E-state index in [1.54, 1.807) is 0 Å². The first kappa shape index (κ1) is 30.7. The number of nitrogen functional groups attached to an aromatic ring is 2. The number of H-pyrrole nitrogens is 1. The molecule has 3 fully saturated rings. The number of anilines is 2. The summed E-state index contributed by atoms with van der Waals surface area (Å²) >= 11 is 5.27. The van der Waals surface area contributed by atoms with Gasteiger partial charge in [-0.05, 0) is 18.2 Å². The number of phosphoric acid groups is 1. The van der Waals surface area contributed by atoms with Crippen LogP contribution in [-0.2, 0) is 39.2 Å². The quantitative estimate of drug-likeness (QED) is 0.117. The van der Waals surface area contributed by atoms with Crippen LogP contribution in [0.4, 0.5) is 11.8 Å². The molecule has 0 radical (unpaired) electrons. The molecule has 2 bridgehead atoms. The maximum atomic E-state index is 13.2. The van der Waals surface area contributed by atoms with Gasteiger partial charge in [0.05, 0.1) is 38.0 Å². The molecule has 1 saturated carbocycles. The van der Waals surface area contributed by atoms with Gasteiger partial charge in [0, 0.05) is 5.92 Å². The monoisotopic (exact) mass is 688 g/mol. The minimum Gasteiger partial charge on any atom is -0.390 e. The van der Waals surface area contributed by atoms with E-state index in [1.165, 1.54) is 28.1 Å². The molecule has 0 amide bonds. The van der Waals surface area contributed by atoms with E-state index >= 15 is 0 Å². The summed E-state index contributed by atoms with van der Waals surface area (Å²) < 4.78 is 43.9. The van der Waals surface area contributed by atoms with Crippen LogP contribution in [0.5, 0.6) is 0 Å². The number of nitrogens with one attached hydrogen (secondary N) is 1. The lowest BCUT2D eigenvalue weighted by Gasteiger charge is -2.28. The van der Waals surface area contributed by atoms with Crippen molar-refractivity contribution in [2.45, 2.75) is 49.2 Å². The molecule has 6 heterocycles. The van der Waals surface area contributed by atoms with E-state index in [9.17, 15) is 29.4 Å². The van der Waals surface area contributed by atoms with Gasteiger partial charge in [0.2, 0.25) is 5.95 Å². The van der Waals surface area contributed by atoms with Crippen LogP contribution in [0.1, 0.15) is 18.7 Å². The molecule has 2 saturated heterocycles. The average Bonchev–Trinajstić information content (AvgIpc) is 3.72. The molecule has 7 rings (SSSR count). The SMILES string of the molecule is Nc1nc2c(ncn2[C@@H]2C[C@@H]3COP(=O)(O)OC4C(O)[C@H](n5cnc6c(N)ncnc65)O[C@@H]4COP(O)(=S)OC2C3O)c(=O)[nH]1. The number of rotatable bonds is 2. The molecule has 242 valence electrons. The topological polar surface area (TPSA) is 303 Å². The predicted octanol–water partition coefficient (Wildman–Crippen LogP) is -1.56. The van der Waals surface area contributed by atoms with Crippen LogP contribution in [0.2, 0.25) is 0 Å². The number of aliphatic hydroxyl groups is 2. The number of phosphoric ester groups is 1. The summed E-state index contributed by atoms with van der Waals surface area (Å²) in [5.74, 6) is -0.996. The van der Waals surface area contributed by atoms with E-state index < -0.39 is 82.0 Å². The Morgan fingerprint density at radius 2 is 1.71 bits per heavy atom. The van der Waals surface area contributed by atoms with Gasteiger partial charge in [-0.2, -0.15) is 4.98 Å². The van der Waals surface area contributed by atoms with Crippen LogP contribution in [0.25, 0.3) is 22.3 Å². The first-order valence-electron chi connectivity index (χ1n) is 13.3. The largest absolute Gasteiger partial charge is 0.472 e. The molecule has 0 spiro atoms. The Labute approximate surface area is 256 Å². The number of aromatic amines is 1. The first-order chi connectivity index (χ1) is 21.3. The summed E-state index contributed by atoms with van der Waals surface area (Å²) in [5, 5.41) is 22.4. The van der Waals surface area contributed by atoms with Gasteiger partial charge in [-0.1, -0.05) is 0 Å². The van der Waals surface area contributed by atoms with Crippen molar-refractivity contribution in [3.05, 3.63) is 29.3 Å². The van der Waals surface area contributed by atoms with Gasteiger partial charge in [-0.25, -0.2) is 24.5 Å². The third-order valence-electron chi connectivity index (χ3n) is 7.89. The number of aliphatic hydroxyl groups excluding tert-OH is 2. The summed E-state index contributed by atoms with van der Waals surface area (Å²) in [5.41, 5.74) is 11.4. The zero-order valence-corrected chi connectivity index (χ0v) is 25.3. The van der Waals surface area contributed by atoms with Crippen molar-refractivity contribution in [3.63, 3.8) is 0 Å². The maximum Gasteiger partial charge on any atom is 0.472 e. The number of imidazole rings is 2. The molecule has 4 aromatic rings. The number of aromatic nitrogens is 8. The van der Waals surface area contributed by atoms with Crippen molar-refractivity contribution < 1.29 is 47.4 Å². The summed E-state index contributed by atoms with van der Waals surface area (Å²) in [6, 6.07) is -0.863. The third-order valence-corrected chi connectivity index (χ3v) is 10.4. The van der Waals surface area contributed by atoms with Crippen LogP contribution in [0, 0.1) is 5.92 Å². The molecule has 0 aromatic carbocycles. The normalized spacial score (nSPS) is 37.7. The number of nitrogens with zero attached hydrogens (tertiary/aromatic N) is 7. The highest BCUT2D eigenvalue weighted by molar-refractivity contribution is 8.07. The van der Waals surface area contributed by atoms with Crippen molar-refractivity contribution in [2.75, 3.05) is 24.7 Å². The Morgan fingerprint density at radius 1 is 0.956 bits per heavy atom. The second-order valence-electron chi connectivity index (χ2n) is 10.6. The zero-order valence-electron chi connectivity index (χ0n) is 22.7. The Morgan fingerprint density at radius 3 is 2.51 bits per heavy atom. The van der Waals surface area contributed by atoms with E-state index in [-0.39, 0.29) is 40.5 Å². The molecule has 45 heavy (non-hydrogen) atoms. The van der Waals surface area contributed by atoms with E-state index in [0.29, 0.717) is 0 Å². The highest BCUT2D eigenvalue weighted by Gasteiger charge is 2.52. The van der Waals surface area contributed by atoms with Gasteiger partial charge in [0.15, 0.2) is 28.9 Å². The Hall–Kier alpha value is -2.98. The molecule has 4 aromatic heterocycles. The Kier molecular flexibility index (Phi) is 7.55. The second kappa shape index (κ2) is 11.1. The van der Waals surface area contributed by atoms with Gasteiger partial charge in [-0.15, -0.1) is 0 Å². The summed E-state index contributed by atoms with van der Waals surface area (Å²) in [7, 11) is -4.93. The summed E-state index contributed by atoms with van der Waals surface area (Å²) in [6.07, 6.45) is -4.65. The van der Waals surface area contributed by atoms with E-state index in [4.69, 9.17) is 46.1 Å². The lowest BCUT2D eigenvalue weighted by Crippen LogP contribution is -2.36. The van der Waals surface area contributed by atoms with Gasteiger partial charge in [0.1, 0.15) is 36.3 Å². The molecule has 2 aliphatic heterocycles. The van der Waals surface area contributed by atoms with Gasteiger partial charge in [-0.3, -0.25) is 23.4 Å². The van der Waals surface area contributed by atoms with Crippen molar-refractivity contribution in [3.8, 4) is 0 Å². The third kappa shape index (κ3) is 5.45. The molecule has 24 heteroatoms. The van der Waals surface area contributed by atoms with Crippen LogP contribution in [0.15, 0.2) is 23.8 Å². The van der Waals surface area contributed by atoms with Crippen molar-refractivity contribution in [2.24, 2.45) is 5.92 Å². The first-order valence-corrected chi connectivity index (χ1v) is 17.4. The molecule has 9 N–H and O–H groups in total. The van der Waals surface area contributed by atoms with Crippen LogP contribution >= 0.6 is 14.5 Å². The predicted molar refractivity (Wildman–Crippen MR) is 153 cm³/mol. The second-order valence-corrected chi connectivity index (χ2v) is 14.8. The zero-order chi connectivity index (χ0) is 31.8. The summed E-state index contributed by atoms with van der Waals surface area (Å²) in [6.45, 7) is -5.31. The molecule has 21 nitrogen and oxygen atoms in total. The lowest BCUT2D eigenvalue weighted by atomic mass is 10.1. The number of hydrogen-bond acceptors (Lipinski definition) is 17. The number of ether oxygens (including phenoxy) is 1. The van der Waals surface area contributed by atoms with Crippen molar-refractivity contribution in [1.82, 2.24) is 39.0 Å². The van der Waals surface area contributed by atoms with Crippen LogP contribution in [-0.4, -0.2) is 103 Å². The molecule has 1 aliphatic carbocycles. The minimum absolute atomic E-state index is 0.0273. The number of fused-ring (bicyclic) bond motifs is 5. The van der Waals surface area contributed by atoms with Crippen molar-refractivity contribution in [1.29, 1.82) is 0 Å². The molecular formula is C21H26N10O11P2S. The van der Waals surface area contributed by atoms with Gasteiger partial charge >= 0.3 is 14.5 Å². The minimum atomic E-state index is -4.93. The van der Waals surface area contributed by atoms with E-state index in [2.05, 4.69) is 29.9 Å². The van der Waals surface area contributed by atoms with E-state index in [0.717, 1.165) is 0 Å². The van der Waals surface area contributed by atoms with Crippen molar-refractivity contribution >= 4 is 60.4 Å². The fourth-order valence-corrected chi connectivity index (χ4v) is 8.29. The maximum absolute atomic E-state index is 13.2.